The van der Waals surface area contributed by atoms with Crippen molar-refractivity contribution in [1.82, 2.24) is 9.78 Å². The number of urea groups is 1. The average Bonchev–Trinajstić information content (AvgIpc) is 2.90. The Balaban J connectivity index is 1.74. The minimum Gasteiger partial charge on any atom is -0.308 e. The predicted molar refractivity (Wildman–Crippen MR) is 106 cm³/mol. The zero-order chi connectivity index (χ0) is 21.2. The summed E-state index contributed by atoms with van der Waals surface area (Å²) in [5.74, 6) is 0. The first-order valence-corrected chi connectivity index (χ1v) is 9.05. The molecule has 152 valence electrons. The number of amides is 2. The van der Waals surface area contributed by atoms with Gasteiger partial charge in [0, 0.05) is 10.7 Å². The molecule has 0 aliphatic carbocycles. The Bertz CT molecular complexity index is 1050. The van der Waals surface area contributed by atoms with Crippen LogP contribution in [0.5, 0.6) is 0 Å². The number of rotatable bonds is 4. The molecule has 5 nitrogen and oxygen atoms in total. The van der Waals surface area contributed by atoms with E-state index in [0.717, 1.165) is 17.7 Å². The number of alkyl halides is 3. The number of halogens is 4. The lowest BCUT2D eigenvalue weighted by Gasteiger charge is -2.11. The van der Waals surface area contributed by atoms with E-state index in [2.05, 4.69) is 15.7 Å². The van der Waals surface area contributed by atoms with Crippen LogP contribution in [0.1, 0.15) is 22.5 Å². The van der Waals surface area contributed by atoms with Gasteiger partial charge in [0.1, 0.15) is 0 Å². The Labute approximate surface area is 170 Å². The van der Waals surface area contributed by atoms with Gasteiger partial charge in [-0.2, -0.15) is 18.3 Å². The number of nitrogens with zero attached hydrogens (tertiary/aromatic N) is 2. The SMILES string of the molecule is Cc1nn(Cc2ccccc2Cl)c(C)c1NC(=O)Nc1cccc(C(F)(F)F)c1. The molecule has 29 heavy (non-hydrogen) atoms. The molecule has 0 aliphatic heterocycles. The number of carbonyl (C=O) groups is 1. The van der Waals surface area contributed by atoms with Crippen molar-refractivity contribution in [3.05, 3.63) is 76.1 Å². The van der Waals surface area contributed by atoms with E-state index in [9.17, 15) is 18.0 Å². The van der Waals surface area contributed by atoms with Gasteiger partial charge in [-0.05, 0) is 43.7 Å². The van der Waals surface area contributed by atoms with Crippen LogP contribution in [-0.2, 0) is 12.7 Å². The number of nitrogens with one attached hydrogen (secondary N) is 2. The van der Waals surface area contributed by atoms with Crippen LogP contribution in [0, 0.1) is 13.8 Å². The maximum Gasteiger partial charge on any atom is 0.416 e. The van der Waals surface area contributed by atoms with Gasteiger partial charge in [-0.1, -0.05) is 35.9 Å². The maximum atomic E-state index is 12.8. The molecule has 0 atom stereocenters. The van der Waals surface area contributed by atoms with Crippen molar-refractivity contribution in [2.75, 3.05) is 10.6 Å². The van der Waals surface area contributed by atoms with Crippen LogP contribution in [0.4, 0.5) is 29.3 Å². The number of aromatic nitrogens is 2. The fourth-order valence-corrected chi connectivity index (χ4v) is 3.06. The van der Waals surface area contributed by atoms with Gasteiger partial charge in [0.05, 0.1) is 29.2 Å². The summed E-state index contributed by atoms with van der Waals surface area (Å²) in [6, 6.07) is 11.1. The smallest absolute Gasteiger partial charge is 0.308 e. The van der Waals surface area contributed by atoms with Crippen molar-refractivity contribution < 1.29 is 18.0 Å². The average molecular weight is 423 g/mol. The van der Waals surface area contributed by atoms with Crippen molar-refractivity contribution in [3.63, 3.8) is 0 Å². The number of hydrogen-bond donors (Lipinski definition) is 2. The highest BCUT2D eigenvalue weighted by molar-refractivity contribution is 6.31. The van der Waals surface area contributed by atoms with Gasteiger partial charge in [-0.25, -0.2) is 4.79 Å². The lowest BCUT2D eigenvalue weighted by molar-refractivity contribution is -0.137. The van der Waals surface area contributed by atoms with E-state index in [1.54, 1.807) is 24.6 Å². The molecule has 3 rings (SSSR count). The molecule has 0 unspecified atom stereocenters. The second kappa shape index (κ2) is 8.16. The first kappa shape index (κ1) is 20.7. The standard InChI is InChI=1S/C20H18ClF3N4O/c1-12-18(13(2)28(27-12)11-14-6-3-4-9-17(14)21)26-19(29)25-16-8-5-7-15(10-16)20(22,23)24/h3-10H,11H2,1-2H3,(H2,25,26,29). The third kappa shape index (κ3) is 4.89. The number of aryl methyl sites for hydroxylation is 1. The van der Waals surface area contributed by atoms with Crippen molar-refractivity contribution in [1.29, 1.82) is 0 Å². The number of hydrogen-bond acceptors (Lipinski definition) is 2. The van der Waals surface area contributed by atoms with Gasteiger partial charge in [0.25, 0.3) is 0 Å². The van der Waals surface area contributed by atoms with E-state index in [-0.39, 0.29) is 5.69 Å². The van der Waals surface area contributed by atoms with Gasteiger partial charge in [-0.15, -0.1) is 0 Å². The highest BCUT2D eigenvalue weighted by Gasteiger charge is 2.30. The first-order valence-electron chi connectivity index (χ1n) is 8.68. The minimum absolute atomic E-state index is 0.0380. The monoisotopic (exact) mass is 422 g/mol. The lowest BCUT2D eigenvalue weighted by atomic mass is 10.2. The summed E-state index contributed by atoms with van der Waals surface area (Å²) in [7, 11) is 0. The lowest BCUT2D eigenvalue weighted by Crippen LogP contribution is -2.20. The second-order valence-corrected chi connectivity index (χ2v) is 6.86. The van der Waals surface area contributed by atoms with E-state index >= 15 is 0 Å². The molecule has 0 spiro atoms. The Morgan fingerprint density at radius 2 is 1.83 bits per heavy atom. The summed E-state index contributed by atoms with van der Waals surface area (Å²) in [6.07, 6.45) is -4.48. The molecule has 0 saturated heterocycles. The molecule has 2 aromatic carbocycles. The summed E-state index contributed by atoms with van der Waals surface area (Å²) in [5, 5.41) is 10.1. The molecular weight excluding hydrogens is 405 g/mol. The fraction of sp³-hybridized carbons (Fsp3) is 0.200. The fourth-order valence-electron chi connectivity index (χ4n) is 2.87. The molecular formula is C20H18ClF3N4O. The van der Waals surface area contributed by atoms with E-state index in [0.29, 0.717) is 28.6 Å². The molecule has 0 radical (unpaired) electrons. The van der Waals surface area contributed by atoms with Gasteiger partial charge < -0.3 is 10.6 Å². The number of anilines is 2. The van der Waals surface area contributed by atoms with Crippen molar-refractivity contribution in [2.24, 2.45) is 0 Å². The van der Waals surface area contributed by atoms with Crippen molar-refractivity contribution in [3.8, 4) is 0 Å². The van der Waals surface area contributed by atoms with Crippen molar-refractivity contribution in [2.45, 2.75) is 26.6 Å². The van der Waals surface area contributed by atoms with Crippen LogP contribution in [0.2, 0.25) is 5.02 Å². The number of carbonyl (C=O) groups excluding carboxylic acids is 1. The van der Waals surface area contributed by atoms with E-state index in [4.69, 9.17) is 11.6 Å². The van der Waals surface area contributed by atoms with Crippen LogP contribution >= 0.6 is 11.6 Å². The zero-order valence-corrected chi connectivity index (χ0v) is 16.4. The van der Waals surface area contributed by atoms with E-state index < -0.39 is 17.8 Å². The number of benzene rings is 2. The van der Waals surface area contributed by atoms with Crippen LogP contribution in [0.15, 0.2) is 48.5 Å². The Morgan fingerprint density at radius 3 is 2.52 bits per heavy atom. The first-order chi connectivity index (χ1) is 13.6. The normalized spacial score (nSPS) is 11.4. The highest BCUT2D eigenvalue weighted by atomic mass is 35.5. The molecule has 0 aliphatic rings. The second-order valence-electron chi connectivity index (χ2n) is 6.45. The molecule has 0 bridgehead atoms. The van der Waals surface area contributed by atoms with Crippen LogP contribution in [-0.4, -0.2) is 15.8 Å². The van der Waals surface area contributed by atoms with Crippen LogP contribution in [0.25, 0.3) is 0 Å². The summed E-state index contributed by atoms with van der Waals surface area (Å²) in [6.45, 7) is 3.94. The summed E-state index contributed by atoms with van der Waals surface area (Å²) in [5.41, 5.74) is 1.84. The maximum absolute atomic E-state index is 12.8. The molecule has 0 saturated carbocycles. The van der Waals surface area contributed by atoms with E-state index in [1.165, 1.54) is 12.1 Å². The molecule has 2 N–H and O–H groups in total. The Kier molecular flexibility index (Phi) is 5.83. The largest absolute Gasteiger partial charge is 0.416 e. The summed E-state index contributed by atoms with van der Waals surface area (Å²) < 4.78 is 40.2. The predicted octanol–water partition coefficient (Wildman–Crippen LogP) is 5.86. The van der Waals surface area contributed by atoms with Crippen LogP contribution in [0.3, 0.4) is 0 Å². The minimum atomic E-state index is -4.48. The molecule has 0 fully saturated rings. The quantitative estimate of drug-likeness (QED) is 0.553. The van der Waals surface area contributed by atoms with Gasteiger partial charge in [0.2, 0.25) is 0 Å². The summed E-state index contributed by atoms with van der Waals surface area (Å²) >= 11 is 6.19. The Hall–Kier alpha value is -3.00. The summed E-state index contributed by atoms with van der Waals surface area (Å²) in [4.78, 5) is 12.3. The molecule has 1 heterocycles. The highest BCUT2D eigenvalue weighted by Crippen LogP contribution is 2.30. The third-order valence-electron chi connectivity index (χ3n) is 4.35. The zero-order valence-electron chi connectivity index (χ0n) is 15.6. The van der Waals surface area contributed by atoms with Crippen LogP contribution < -0.4 is 10.6 Å². The molecule has 1 aromatic heterocycles. The van der Waals surface area contributed by atoms with E-state index in [1.807, 2.05) is 18.2 Å². The Morgan fingerprint density at radius 1 is 1.10 bits per heavy atom. The molecule has 9 heteroatoms. The topological polar surface area (TPSA) is 59.0 Å². The van der Waals surface area contributed by atoms with Gasteiger partial charge in [-0.3, -0.25) is 4.68 Å². The van der Waals surface area contributed by atoms with Crippen molar-refractivity contribution >= 4 is 29.0 Å². The molecule has 3 aromatic rings. The van der Waals surface area contributed by atoms with Gasteiger partial charge in [0.15, 0.2) is 0 Å². The molecule has 2 amide bonds. The van der Waals surface area contributed by atoms with Gasteiger partial charge >= 0.3 is 12.2 Å². The third-order valence-corrected chi connectivity index (χ3v) is 4.71.